The summed E-state index contributed by atoms with van der Waals surface area (Å²) in [5.74, 6) is -0.356. The number of nitrogens with one attached hydrogen (secondary N) is 1. The molecule has 0 unspecified atom stereocenters. The molecule has 0 saturated carbocycles. The number of nitrogens with two attached hydrogens (primary N) is 1. The Kier molecular flexibility index (Phi) is 6.24. The van der Waals surface area contributed by atoms with Crippen molar-refractivity contribution in [3.05, 3.63) is 82.7 Å². The Balaban J connectivity index is 1.36. The Hall–Kier alpha value is -4.03. The largest absolute Gasteiger partial charge is 0.382 e. The smallest absolute Gasteiger partial charge is 0.263 e. The van der Waals surface area contributed by atoms with E-state index in [2.05, 4.69) is 21.5 Å². The van der Waals surface area contributed by atoms with Crippen molar-refractivity contribution in [1.82, 2.24) is 20.1 Å². The predicted octanol–water partition coefficient (Wildman–Crippen LogP) is 3.95. The molecule has 0 aliphatic rings. The summed E-state index contributed by atoms with van der Waals surface area (Å²) in [5.41, 5.74) is 8.43. The van der Waals surface area contributed by atoms with Gasteiger partial charge in [0.25, 0.3) is 5.91 Å². The topological polar surface area (TPSA) is 110 Å². The molecule has 0 atom stereocenters. The van der Waals surface area contributed by atoms with Gasteiger partial charge in [0.05, 0.1) is 17.6 Å². The van der Waals surface area contributed by atoms with E-state index in [0.29, 0.717) is 35.6 Å². The number of amides is 1. The molecule has 2 aromatic heterocycles. The van der Waals surface area contributed by atoms with Crippen LogP contribution in [0.15, 0.2) is 60.8 Å². The number of hydrogen-bond donors (Lipinski definition) is 2. The van der Waals surface area contributed by atoms with Crippen molar-refractivity contribution in [1.29, 1.82) is 5.26 Å². The van der Waals surface area contributed by atoms with Gasteiger partial charge in [-0.1, -0.05) is 30.3 Å². The van der Waals surface area contributed by atoms with Crippen LogP contribution in [-0.2, 0) is 6.42 Å². The molecule has 32 heavy (non-hydrogen) atoms. The first-order chi connectivity index (χ1) is 15.6. The molecule has 7 nitrogen and oxygen atoms in total. The number of nitrogen functional groups attached to an aromatic ring is 1. The Bertz CT molecular complexity index is 1270. The highest BCUT2D eigenvalue weighted by molar-refractivity contribution is 7.16. The second kappa shape index (κ2) is 9.41. The highest BCUT2D eigenvalue weighted by Gasteiger charge is 2.17. The van der Waals surface area contributed by atoms with Crippen molar-refractivity contribution < 1.29 is 9.18 Å². The van der Waals surface area contributed by atoms with Crippen LogP contribution in [0.25, 0.3) is 16.3 Å². The maximum Gasteiger partial charge on any atom is 0.263 e. The first-order valence-electron chi connectivity index (χ1n) is 9.89. The number of carbonyl (C=O) groups is 1. The van der Waals surface area contributed by atoms with Crippen molar-refractivity contribution >= 4 is 23.1 Å². The molecule has 0 radical (unpaired) electrons. The van der Waals surface area contributed by atoms with Gasteiger partial charge in [-0.3, -0.25) is 4.79 Å². The third-order valence-corrected chi connectivity index (χ3v) is 5.85. The quantitative estimate of drug-likeness (QED) is 0.418. The average Bonchev–Trinajstić information content (AvgIpc) is 3.43. The Morgan fingerprint density at radius 1 is 1.19 bits per heavy atom. The summed E-state index contributed by atoms with van der Waals surface area (Å²) < 4.78 is 14.6. The number of thiazole rings is 1. The number of aryl methyl sites for hydroxylation is 1. The fourth-order valence-electron chi connectivity index (χ4n) is 3.19. The average molecular weight is 447 g/mol. The number of halogens is 1. The molecule has 0 bridgehead atoms. The summed E-state index contributed by atoms with van der Waals surface area (Å²) in [7, 11) is 0. The molecular weight excluding hydrogens is 427 g/mol. The first-order valence-corrected chi connectivity index (χ1v) is 10.7. The monoisotopic (exact) mass is 446 g/mol. The van der Waals surface area contributed by atoms with Gasteiger partial charge in [-0.2, -0.15) is 10.4 Å². The molecule has 1 amide bonds. The Labute approximate surface area is 188 Å². The van der Waals surface area contributed by atoms with Crippen molar-refractivity contribution in [3.8, 4) is 22.3 Å². The van der Waals surface area contributed by atoms with Gasteiger partial charge >= 0.3 is 0 Å². The van der Waals surface area contributed by atoms with Gasteiger partial charge in [0.1, 0.15) is 33.2 Å². The normalized spacial score (nSPS) is 10.6. The summed E-state index contributed by atoms with van der Waals surface area (Å²) in [6.45, 7) is 0.408. The fourth-order valence-corrected chi connectivity index (χ4v) is 4.03. The molecule has 2 aromatic carbocycles. The van der Waals surface area contributed by atoms with Crippen molar-refractivity contribution in [3.63, 3.8) is 0 Å². The van der Waals surface area contributed by atoms with E-state index in [9.17, 15) is 14.4 Å². The molecule has 0 spiro atoms. The minimum atomic E-state index is -0.368. The summed E-state index contributed by atoms with van der Waals surface area (Å²) in [6, 6.07) is 17.5. The van der Waals surface area contributed by atoms with E-state index in [0.717, 1.165) is 10.6 Å². The van der Waals surface area contributed by atoms with Crippen LogP contribution in [0.2, 0.25) is 0 Å². The number of rotatable bonds is 7. The maximum atomic E-state index is 13.2. The van der Waals surface area contributed by atoms with Crippen LogP contribution in [0.4, 0.5) is 10.2 Å². The van der Waals surface area contributed by atoms with Gasteiger partial charge < -0.3 is 11.1 Å². The van der Waals surface area contributed by atoms with Crippen LogP contribution < -0.4 is 11.1 Å². The molecule has 9 heteroatoms. The second-order valence-electron chi connectivity index (χ2n) is 6.96. The molecule has 0 aliphatic heterocycles. The molecule has 4 rings (SSSR count). The van der Waals surface area contributed by atoms with E-state index in [1.165, 1.54) is 28.2 Å². The number of aromatic nitrogens is 3. The standard InChI is InChI=1S/C23H19FN6OS/c24-16-8-10-17(11-9-16)30-21(26)18(13-25)19(29-30)7-4-12-27-22(31)20-14-28-23(32-20)15-5-2-1-3-6-15/h1-3,5-6,8-11,14H,4,7,12,26H2,(H,27,31). The minimum Gasteiger partial charge on any atom is -0.382 e. The van der Waals surface area contributed by atoms with Gasteiger partial charge in [-0.15, -0.1) is 11.3 Å². The van der Waals surface area contributed by atoms with Crippen molar-refractivity contribution in [2.75, 3.05) is 12.3 Å². The summed E-state index contributed by atoms with van der Waals surface area (Å²) in [6.07, 6.45) is 2.60. The molecule has 3 N–H and O–H groups in total. The highest BCUT2D eigenvalue weighted by atomic mass is 32.1. The third kappa shape index (κ3) is 4.50. The lowest BCUT2D eigenvalue weighted by Crippen LogP contribution is -2.24. The lowest BCUT2D eigenvalue weighted by atomic mass is 10.1. The minimum absolute atomic E-state index is 0.193. The van der Waals surface area contributed by atoms with E-state index in [1.807, 2.05) is 30.3 Å². The molecule has 160 valence electrons. The van der Waals surface area contributed by atoms with Crippen LogP contribution in [0.1, 0.15) is 27.3 Å². The lowest BCUT2D eigenvalue weighted by molar-refractivity contribution is 0.0957. The molecular formula is C23H19FN6OS. The van der Waals surface area contributed by atoms with E-state index in [-0.39, 0.29) is 23.1 Å². The number of nitrogens with zero attached hydrogens (tertiary/aromatic N) is 4. The van der Waals surface area contributed by atoms with Crippen molar-refractivity contribution in [2.45, 2.75) is 12.8 Å². The Morgan fingerprint density at radius 2 is 1.94 bits per heavy atom. The van der Waals surface area contributed by atoms with Gasteiger partial charge in [-0.05, 0) is 37.1 Å². The third-order valence-electron chi connectivity index (χ3n) is 4.80. The lowest BCUT2D eigenvalue weighted by Gasteiger charge is -2.03. The molecule has 2 heterocycles. The SMILES string of the molecule is N#Cc1c(CCCNC(=O)c2cnc(-c3ccccc3)s2)nn(-c2ccc(F)cc2)c1N. The van der Waals surface area contributed by atoms with Crippen LogP contribution >= 0.6 is 11.3 Å². The Morgan fingerprint density at radius 3 is 2.66 bits per heavy atom. The van der Waals surface area contributed by atoms with E-state index in [4.69, 9.17) is 5.73 Å². The van der Waals surface area contributed by atoms with Crippen LogP contribution in [0.3, 0.4) is 0 Å². The van der Waals surface area contributed by atoms with E-state index >= 15 is 0 Å². The zero-order valence-corrected chi connectivity index (χ0v) is 17.8. The summed E-state index contributed by atoms with van der Waals surface area (Å²) in [4.78, 5) is 17.3. The number of benzene rings is 2. The summed E-state index contributed by atoms with van der Waals surface area (Å²) in [5, 5.41) is 17.6. The van der Waals surface area contributed by atoms with Gasteiger partial charge in [-0.25, -0.2) is 14.1 Å². The molecule has 0 fully saturated rings. The fraction of sp³-hybridized carbons (Fsp3) is 0.130. The predicted molar refractivity (Wildman–Crippen MR) is 121 cm³/mol. The zero-order chi connectivity index (χ0) is 22.5. The first kappa shape index (κ1) is 21.2. The maximum absolute atomic E-state index is 13.2. The van der Waals surface area contributed by atoms with Crippen LogP contribution in [0, 0.1) is 17.1 Å². The number of hydrogen-bond acceptors (Lipinski definition) is 6. The van der Waals surface area contributed by atoms with Crippen molar-refractivity contribution in [2.24, 2.45) is 0 Å². The van der Waals surface area contributed by atoms with Crippen LogP contribution in [-0.4, -0.2) is 27.2 Å². The number of anilines is 1. The van der Waals surface area contributed by atoms with Crippen LogP contribution in [0.5, 0.6) is 0 Å². The molecule has 0 aliphatic carbocycles. The summed E-state index contributed by atoms with van der Waals surface area (Å²) >= 11 is 1.33. The van der Waals surface area contributed by atoms with Gasteiger partial charge in [0.15, 0.2) is 0 Å². The number of nitriles is 1. The zero-order valence-electron chi connectivity index (χ0n) is 17.0. The molecule has 0 saturated heterocycles. The van der Waals surface area contributed by atoms with Gasteiger partial charge in [0, 0.05) is 12.1 Å². The van der Waals surface area contributed by atoms with Gasteiger partial charge in [0.2, 0.25) is 0 Å². The number of carbonyl (C=O) groups excluding carboxylic acids is 1. The molecule has 4 aromatic rings. The van der Waals surface area contributed by atoms with E-state index in [1.54, 1.807) is 18.3 Å². The second-order valence-corrected chi connectivity index (χ2v) is 7.99. The van der Waals surface area contributed by atoms with E-state index < -0.39 is 0 Å². The highest BCUT2D eigenvalue weighted by Crippen LogP contribution is 2.25.